The molecule has 1 saturated heterocycles. The summed E-state index contributed by atoms with van der Waals surface area (Å²) in [5.74, 6) is 1.44. The highest BCUT2D eigenvalue weighted by Gasteiger charge is 2.31. The van der Waals surface area contributed by atoms with Crippen LogP contribution in [0.1, 0.15) is 18.6 Å². The third-order valence-corrected chi connectivity index (χ3v) is 4.31. The van der Waals surface area contributed by atoms with E-state index in [-0.39, 0.29) is 18.6 Å². The van der Waals surface area contributed by atoms with Gasteiger partial charge in [-0.05, 0) is 43.7 Å². The smallest absolute Gasteiger partial charge is 0.237 e. The molecule has 2 heterocycles. The molecule has 6 heteroatoms. The van der Waals surface area contributed by atoms with Crippen molar-refractivity contribution in [1.82, 2.24) is 10.2 Å². The van der Waals surface area contributed by atoms with Gasteiger partial charge in [-0.1, -0.05) is 18.2 Å². The third kappa shape index (κ3) is 5.08. The molecule has 134 valence electrons. The van der Waals surface area contributed by atoms with E-state index in [4.69, 9.17) is 9.15 Å². The summed E-state index contributed by atoms with van der Waals surface area (Å²) in [6, 6.07) is 12.8. The highest BCUT2D eigenvalue weighted by molar-refractivity contribution is 5.81. The number of benzene rings is 1. The normalized spacial score (nSPS) is 18.8. The van der Waals surface area contributed by atoms with Gasteiger partial charge in [-0.25, -0.2) is 0 Å². The molecule has 0 radical (unpaired) electrons. The highest BCUT2D eigenvalue weighted by Crippen LogP contribution is 2.18. The van der Waals surface area contributed by atoms with Gasteiger partial charge < -0.3 is 19.6 Å². The number of amides is 1. The summed E-state index contributed by atoms with van der Waals surface area (Å²) in [7, 11) is 0. The molecule has 0 aliphatic carbocycles. The minimum atomic E-state index is -0.640. The van der Waals surface area contributed by atoms with E-state index < -0.39 is 6.10 Å². The first-order chi connectivity index (χ1) is 12.2. The number of aliphatic hydroxyl groups is 1. The van der Waals surface area contributed by atoms with Gasteiger partial charge in [0.15, 0.2) is 0 Å². The van der Waals surface area contributed by atoms with Crippen molar-refractivity contribution in [2.45, 2.75) is 31.5 Å². The van der Waals surface area contributed by atoms with Crippen molar-refractivity contribution >= 4 is 5.91 Å². The number of rotatable bonds is 8. The zero-order valence-corrected chi connectivity index (χ0v) is 14.1. The fourth-order valence-corrected chi connectivity index (χ4v) is 3.08. The van der Waals surface area contributed by atoms with E-state index in [2.05, 4.69) is 5.32 Å². The standard InChI is InChI=1S/C19H24N2O4/c22-15(14-25-16-6-2-1-3-7-16)13-21-10-4-9-18(21)19(23)20-12-17-8-5-11-24-17/h1-3,5-8,11,15,18,22H,4,9-10,12-14H2,(H,20,23). The monoisotopic (exact) mass is 344 g/mol. The number of aliphatic hydroxyl groups excluding tert-OH is 1. The number of para-hydroxylation sites is 1. The first-order valence-electron chi connectivity index (χ1n) is 8.62. The van der Waals surface area contributed by atoms with Crippen LogP contribution in [0.5, 0.6) is 5.75 Å². The molecule has 25 heavy (non-hydrogen) atoms. The van der Waals surface area contributed by atoms with E-state index >= 15 is 0 Å². The number of ether oxygens (including phenoxy) is 1. The Balaban J connectivity index is 1.44. The molecule has 0 spiro atoms. The second-order valence-electron chi connectivity index (χ2n) is 6.23. The summed E-state index contributed by atoms with van der Waals surface area (Å²) in [5, 5.41) is 13.1. The molecule has 2 aromatic rings. The molecule has 1 aromatic heterocycles. The molecule has 1 aliphatic heterocycles. The molecule has 0 saturated carbocycles. The second-order valence-corrected chi connectivity index (χ2v) is 6.23. The number of hydrogen-bond donors (Lipinski definition) is 2. The molecule has 1 aliphatic rings. The summed E-state index contributed by atoms with van der Waals surface area (Å²) < 4.78 is 10.8. The Hall–Kier alpha value is -2.31. The van der Waals surface area contributed by atoms with E-state index in [1.807, 2.05) is 41.3 Å². The van der Waals surface area contributed by atoms with Gasteiger partial charge in [0, 0.05) is 6.54 Å². The van der Waals surface area contributed by atoms with Crippen molar-refractivity contribution in [3.05, 3.63) is 54.5 Å². The molecule has 1 aromatic carbocycles. The highest BCUT2D eigenvalue weighted by atomic mass is 16.5. The van der Waals surface area contributed by atoms with Crippen LogP contribution >= 0.6 is 0 Å². The van der Waals surface area contributed by atoms with Gasteiger partial charge in [0.05, 0.1) is 18.8 Å². The molecule has 2 N–H and O–H groups in total. The lowest BCUT2D eigenvalue weighted by Gasteiger charge is -2.26. The van der Waals surface area contributed by atoms with E-state index in [0.717, 1.165) is 30.9 Å². The van der Waals surface area contributed by atoms with E-state index in [1.54, 1.807) is 12.3 Å². The summed E-state index contributed by atoms with van der Waals surface area (Å²) >= 11 is 0. The van der Waals surface area contributed by atoms with Crippen LogP contribution in [0.25, 0.3) is 0 Å². The fraction of sp³-hybridized carbons (Fsp3) is 0.421. The SMILES string of the molecule is O=C(NCc1ccco1)C1CCCN1CC(O)COc1ccccc1. The number of nitrogens with one attached hydrogen (secondary N) is 1. The van der Waals surface area contributed by atoms with Gasteiger partial charge in [0.2, 0.25) is 5.91 Å². The van der Waals surface area contributed by atoms with Crippen LogP contribution in [0.2, 0.25) is 0 Å². The Bertz CT molecular complexity index is 645. The largest absolute Gasteiger partial charge is 0.491 e. The average molecular weight is 344 g/mol. The number of furan rings is 1. The Kier molecular flexibility index (Phi) is 6.09. The van der Waals surface area contributed by atoms with Crippen molar-refractivity contribution < 1.29 is 19.1 Å². The maximum absolute atomic E-state index is 12.4. The minimum Gasteiger partial charge on any atom is -0.491 e. The van der Waals surface area contributed by atoms with Crippen molar-refractivity contribution in [2.24, 2.45) is 0 Å². The van der Waals surface area contributed by atoms with Gasteiger partial charge in [-0.2, -0.15) is 0 Å². The number of nitrogens with zero attached hydrogens (tertiary/aromatic N) is 1. The van der Waals surface area contributed by atoms with Crippen molar-refractivity contribution in [3.63, 3.8) is 0 Å². The third-order valence-electron chi connectivity index (χ3n) is 4.31. The van der Waals surface area contributed by atoms with Crippen LogP contribution in [-0.2, 0) is 11.3 Å². The molecule has 6 nitrogen and oxygen atoms in total. The molecule has 2 atom stereocenters. The zero-order chi connectivity index (χ0) is 17.5. The van der Waals surface area contributed by atoms with E-state index in [0.29, 0.717) is 13.1 Å². The predicted octanol–water partition coefficient (Wildman–Crippen LogP) is 1.80. The van der Waals surface area contributed by atoms with Gasteiger partial charge in [0.1, 0.15) is 24.2 Å². The summed E-state index contributed by atoms with van der Waals surface area (Å²) in [6.07, 6.45) is 2.70. The Labute approximate surface area is 147 Å². The maximum atomic E-state index is 12.4. The minimum absolute atomic E-state index is 0.0231. The Morgan fingerprint density at radius 3 is 2.92 bits per heavy atom. The lowest BCUT2D eigenvalue weighted by atomic mass is 10.2. The van der Waals surface area contributed by atoms with Crippen LogP contribution in [0.3, 0.4) is 0 Å². The molecular weight excluding hydrogens is 320 g/mol. The quantitative estimate of drug-likeness (QED) is 0.764. The topological polar surface area (TPSA) is 74.9 Å². The number of carbonyl (C=O) groups is 1. The van der Waals surface area contributed by atoms with Crippen LogP contribution in [0.4, 0.5) is 0 Å². The van der Waals surface area contributed by atoms with E-state index in [9.17, 15) is 9.90 Å². The lowest BCUT2D eigenvalue weighted by molar-refractivity contribution is -0.126. The first kappa shape index (κ1) is 17.5. The molecule has 0 bridgehead atoms. The number of likely N-dealkylation sites (tertiary alicyclic amines) is 1. The van der Waals surface area contributed by atoms with Crippen LogP contribution < -0.4 is 10.1 Å². The van der Waals surface area contributed by atoms with Gasteiger partial charge in [0.25, 0.3) is 0 Å². The molecular formula is C19H24N2O4. The number of β-amino-alcohol motifs (C(OH)–C–C–N with tert-alkyl or cyclic N) is 1. The zero-order valence-electron chi connectivity index (χ0n) is 14.1. The van der Waals surface area contributed by atoms with Crippen LogP contribution in [-0.4, -0.2) is 47.8 Å². The number of carbonyl (C=O) groups excluding carboxylic acids is 1. The summed E-state index contributed by atoms with van der Waals surface area (Å²) in [6.45, 7) is 1.82. The van der Waals surface area contributed by atoms with Crippen LogP contribution in [0, 0.1) is 0 Å². The summed E-state index contributed by atoms with van der Waals surface area (Å²) in [4.78, 5) is 14.4. The van der Waals surface area contributed by atoms with Crippen LogP contribution in [0.15, 0.2) is 53.1 Å². The van der Waals surface area contributed by atoms with Crippen molar-refractivity contribution in [3.8, 4) is 5.75 Å². The van der Waals surface area contributed by atoms with E-state index in [1.165, 1.54) is 0 Å². The van der Waals surface area contributed by atoms with Crippen molar-refractivity contribution in [1.29, 1.82) is 0 Å². The molecule has 3 rings (SSSR count). The Morgan fingerprint density at radius 1 is 1.32 bits per heavy atom. The fourth-order valence-electron chi connectivity index (χ4n) is 3.08. The lowest BCUT2D eigenvalue weighted by Crippen LogP contribution is -2.46. The summed E-state index contributed by atoms with van der Waals surface area (Å²) in [5.41, 5.74) is 0. The van der Waals surface area contributed by atoms with Gasteiger partial charge in [-0.3, -0.25) is 9.69 Å². The maximum Gasteiger partial charge on any atom is 0.237 e. The number of hydrogen-bond acceptors (Lipinski definition) is 5. The first-order valence-corrected chi connectivity index (χ1v) is 8.62. The van der Waals surface area contributed by atoms with Gasteiger partial charge in [-0.15, -0.1) is 0 Å². The molecule has 1 amide bonds. The van der Waals surface area contributed by atoms with Crippen molar-refractivity contribution in [2.75, 3.05) is 19.7 Å². The molecule has 2 unspecified atom stereocenters. The average Bonchev–Trinajstić information content (AvgIpc) is 3.30. The van der Waals surface area contributed by atoms with Gasteiger partial charge >= 0.3 is 0 Å². The molecule has 1 fully saturated rings. The Morgan fingerprint density at radius 2 is 2.16 bits per heavy atom. The second kappa shape index (κ2) is 8.69. The predicted molar refractivity (Wildman–Crippen MR) is 93.1 cm³/mol.